The number of anilines is 1. The minimum Gasteiger partial charge on any atom is -0.490 e. The lowest BCUT2D eigenvalue weighted by molar-refractivity contribution is 0.294. The molecule has 0 aromatic carbocycles. The molecule has 1 aromatic rings. The number of hydrogen-bond acceptors (Lipinski definition) is 4. The minimum absolute atomic E-state index is 0.113. The van der Waals surface area contributed by atoms with Crippen molar-refractivity contribution in [1.82, 2.24) is 4.98 Å². The number of ether oxygens (including phenoxy) is 1. The van der Waals surface area contributed by atoms with Crippen LogP contribution in [-0.2, 0) is 0 Å². The van der Waals surface area contributed by atoms with Crippen molar-refractivity contribution < 1.29 is 9.84 Å². The van der Waals surface area contributed by atoms with Crippen LogP contribution in [0.5, 0.6) is 5.75 Å². The topological polar surface area (TPSA) is 45.6 Å². The minimum atomic E-state index is 0.113. The summed E-state index contributed by atoms with van der Waals surface area (Å²) in [6, 6.07) is 4.07. The van der Waals surface area contributed by atoms with Crippen LogP contribution in [-0.4, -0.2) is 35.9 Å². The van der Waals surface area contributed by atoms with E-state index < -0.39 is 0 Å². The smallest absolute Gasteiger partial charge is 0.171 e. The summed E-state index contributed by atoms with van der Waals surface area (Å²) in [5, 5.41) is 9.10. The van der Waals surface area contributed by atoms with Crippen molar-refractivity contribution in [2.45, 2.75) is 33.2 Å². The van der Waals surface area contributed by atoms with Crippen LogP contribution in [0.3, 0.4) is 0 Å². The molecule has 0 saturated carbocycles. The van der Waals surface area contributed by atoms with E-state index in [4.69, 9.17) is 9.84 Å². The van der Waals surface area contributed by atoms with Gasteiger partial charge in [-0.2, -0.15) is 0 Å². The molecule has 1 rings (SSSR count). The summed E-state index contributed by atoms with van der Waals surface area (Å²) >= 11 is 0. The SMILES string of the molecule is CCCOc1cccnc1N(CCO)C(C)C. The lowest BCUT2D eigenvalue weighted by Crippen LogP contribution is -2.34. The number of pyridine rings is 1. The van der Waals surface area contributed by atoms with Gasteiger partial charge in [-0.3, -0.25) is 0 Å². The van der Waals surface area contributed by atoms with E-state index in [0.717, 1.165) is 18.0 Å². The summed E-state index contributed by atoms with van der Waals surface area (Å²) in [5.41, 5.74) is 0. The maximum atomic E-state index is 9.10. The third-order valence-corrected chi connectivity index (χ3v) is 2.45. The van der Waals surface area contributed by atoms with Gasteiger partial charge in [0, 0.05) is 18.8 Å². The lowest BCUT2D eigenvalue weighted by Gasteiger charge is -2.28. The molecule has 0 amide bonds. The normalized spacial score (nSPS) is 10.6. The Hall–Kier alpha value is -1.29. The fraction of sp³-hybridized carbons (Fsp3) is 0.615. The van der Waals surface area contributed by atoms with Gasteiger partial charge < -0.3 is 14.7 Å². The van der Waals surface area contributed by atoms with Gasteiger partial charge in [0.1, 0.15) is 0 Å². The summed E-state index contributed by atoms with van der Waals surface area (Å²) < 4.78 is 5.68. The predicted molar refractivity (Wildman–Crippen MR) is 69.6 cm³/mol. The Bertz CT molecular complexity index is 329. The quantitative estimate of drug-likeness (QED) is 0.790. The molecular weight excluding hydrogens is 216 g/mol. The summed E-state index contributed by atoms with van der Waals surface area (Å²) in [5.74, 6) is 1.60. The van der Waals surface area contributed by atoms with Crippen LogP contribution in [0.1, 0.15) is 27.2 Å². The van der Waals surface area contributed by atoms with Crippen LogP contribution in [0.15, 0.2) is 18.3 Å². The Kier molecular flexibility index (Phi) is 5.77. The van der Waals surface area contributed by atoms with E-state index in [0.29, 0.717) is 13.2 Å². The zero-order chi connectivity index (χ0) is 12.7. The first-order chi connectivity index (χ1) is 8.20. The van der Waals surface area contributed by atoms with E-state index in [1.165, 1.54) is 0 Å². The second-order valence-electron chi connectivity index (χ2n) is 4.18. The van der Waals surface area contributed by atoms with Crippen molar-refractivity contribution >= 4 is 5.82 Å². The number of nitrogens with zero attached hydrogens (tertiary/aromatic N) is 2. The molecule has 1 N–H and O–H groups in total. The third-order valence-electron chi connectivity index (χ3n) is 2.45. The van der Waals surface area contributed by atoms with Crippen LogP contribution in [0.25, 0.3) is 0 Å². The Morgan fingerprint density at radius 3 is 2.82 bits per heavy atom. The number of hydrogen-bond donors (Lipinski definition) is 1. The molecule has 1 heterocycles. The van der Waals surface area contributed by atoms with Crippen LogP contribution in [0.4, 0.5) is 5.82 Å². The standard InChI is InChI=1S/C13H22N2O2/c1-4-10-17-12-6-5-7-14-13(12)15(8-9-16)11(2)3/h5-7,11,16H,4,8-10H2,1-3H3. The highest BCUT2D eigenvalue weighted by Crippen LogP contribution is 2.26. The molecule has 0 saturated heterocycles. The largest absolute Gasteiger partial charge is 0.490 e. The van der Waals surface area contributed by atoms with Gasteiger partial charge in [-0.25, -0.2) is 4.98 Å². The fourth-order valence-corrected chi connectivity index (χ4v) is 1.64. The number of rotatable bonds is 7. The Balaban J connectivity index is 2.92. The molecule has 0 atom stereocenters. The Morgan fingerprint density at radius 2 is 2.24 bits per heavy atom. The summed E-state index contributed by atoms with van der Waals surface area (Å²) in [4.78, 5) is 6.41. The number of aliphatic hydroxyl groups excluding tert-OH is 1. The highest BCUT2D eigenvalue weighted by molar-refractivity contribution is 5.52. The molecule has 0 aliphatic rings. The first kappa shape index (κ1) is 13.8. The van der Waals surface area contributed by atoms with E-state index in [-0.39, 0.29) is 12.6 Å². The monoisotopic (exact) mass is 238 g/mol. The Labute approximate surface area is 103 Å². The van der Waals surface area contributed by atoms with Crippen LogP contribution in [0, 0.1) is 0 Å². The molecule has 0 bridgehead atoms. The molecule has 0 radical (unpaired) electrons. The molecule has 0 aliphatic heterocycles. The van der Waals surface area contributed by atoms with Gasteiger partial charge in [-0.05, 0) is 32.4 Å². The molecule has 96 valence electrons. The van der Waals surface area contributed by atoms with E-state index in [1.807, 2.05) is 17.0 Å². The van der Waals surface area contributed by atoms with Gasteiger partial charge in [0.15, 0.2) is 11.6 Å². The summed E-state index contributed by atoms with van der Waals surface area (Å²) in [6.45, 7) is 7.59. The third kappa shape index (κ3) is 3.89. The second-order valence-corrected chi connectivity index (χ2v) is 4.18. The number of aromatic nitrogens is 1. The van der Waals surface area contributed by atoms with Crippen molar-refractivity contribution in [2.75, 3.05) is 24.7 Å². The first-order valence-electron chi connectivity index (χ1n) is 6.16. The molecule has 4 nitrogen and oxygen atoms in total. The highest BCUT2D eigenvalue weighted by Gasteiger charge is 2.15. The van der Waals surface area contributed by atoms with Crippen LogP contribution < -0.4 is 9.64 Å². The summed E-state index contributed by atoms with van der Waals surface area (Å²) in [6.07, 6.45) is 2.72. The van der Waals surface area contributed by atoms with E-state index in [1.54, 1.807) is 6.20 Å². The molecule has 0 spiro atoms. The first-order valence-corrected chi connectivity index (χ1v) is 6.16. The predicted octanol–water partition coefficient (Wildman–Crippen LogP) is 2.08. The summed E-state index contributed by atoms with van der Waals surface area (Å²) in [7, 11) is 0. The zero-order valence-electron chi connectivity index (χ0n) is 10.9. The van der Waals surface area contributed by atoms with E-state index >= 15 is 0 Å². The molecule has 1 aromatic heterocycles. The fourth-order valence-electron chi connectivity index (χ4n) is 1.64. The van der Waals surface area contributed by atoms with Crippen LogP contribution >= 0.6 is 0 Å². The molecule has 0 fully saturated rings. The average molecular weight is 238 g/mol. The average Bonchev–Trinajstić information content (AvgIpc) is 2.33. The molecule has 0 aliphatic carbocycles. The molecular formula is C13H22N2O2. The molecule has 0 unspecified atom stereocenters. The van der Waals surface area contributed by atoms with Gasteiger partial charge in [0.05, 0.1) is 13.2 Å². The van der Waals surface area contributed by atoms with Crippen molar-refractivity contribution in [3.8, 4) is 5.75 Å². The van der Waals surface area contributed by atoms with E-state index in [2.05, 4.69) is 25.8 Å². The van der Waals surface area contributed by atoms with Gasteiger partial charge in [0.2, 0.25) is 0 Å². The maximum absolute atomic E-state index is 9.10. The van der Waals surface area contributed by atoms with Crippen molar-refractivity contribution in [3.05, 3.63) is 18.3 Å². The van der Waals surface area contributed by atoms with Crippen molar-refractivity contribution in [2.24, 2.45) is 0 Å². The van der Waals surface area contributed by atoms with Crippen LogP contribution in [0.2, 0.25) is 0 Å². The van der Waals surface area contributed by atoms with Gasteiger partial charge in [-0.15, -0.1) is 0 Å². The zero-order valence-corrected chi connectivity index (χ0v) is 10.9. The number of aliphatic hydroxyl groups is 1. The van der Waals surface area contributed by atoms with E-state index in [9.17, 15) is 0 Å². The highest BCUT2D eigenvalue weighted by atomic mass is 16.5. The van der Waals surface area contributed by atoms with Gasteiger partial charge in [-0.1, -0.05) is 6.92 Å². The lowest BCUT2D eigenvalue weighted by atomic mass is 10.3. The second kappa shape index (κ2) is 7.12. The van der Waals surface area contributed by atoms with Gasteiger partial charge in [0.25, 0.3) is 0 Å². The maximum Gasteiger partial charge on any atom is 0.171 e. The molecule has 17 heavy (non-hydrogen) atoms. The van der Waals surface area contributed by atoms with Crippen molar-refractivity contribution in [3.63, 3.8) is 0 Å². The Morgan fingerprint density at radius 1 is 1.47 bits per heavy atom. The van der Waals surface area contributed by atoms with Crippen molar-refractivity contribution in [1.29, 1.82) is 0 Å². The molecule has 4 heteroatoms. The van der Waals surface area contributed by atoms with Gasteiger partial charge >= 0.3 is 0 Å².